The highest BCUT2D eigenvalue weighted by Gasteiger charge is 2.19. The zero-order valence-corrected chi connectivity index (χ0v) is 11.5. The van der Waals surface area contributed by atoms with Gasteiger partial charge >= 0.3 is 6.80 Å². The first-order valence-corrected chi connectivity index (χ1v) is 8.28. The van der Waals surface area contributed by atoms with Crippen LogP contribution < -0.4 is 5.32 Å². The number of hydrogen-bond donors (Lipinski definition) is 3. The number of hydrogen-bond acceptors (Lipinski definition) is 7. The summed E-state index contributed by atoms with van der Waals surface area (Å²) < 4.78 is 10.6. The molecule has 1 aromatic rings. The number of benzene rings is 1. The van der Waals surface area contributed by atoms with Gasteiger partial charge in [0.1, 0.15) is 5.69 Å². The van der Waals surface area contributed by atoms with Gasteiger partial charge in [0.25, 0.3) is 11.4 Å². The first-order chi connectivity index (χ1) is 9.20. The van der Waals surface area contributed by atoms with Crippen molar-refractivity contribution < 1.29 is 24.2 Å². The molecule has 0 unspecified atom stereocenters. The standard InChI is InChI=1S/C8H10N3O7PS/c12-10(13)6-1-2-7(8(5-6)11(14)15)9-3-4-20-19(16,17)18/h1-2,5,9H,3-4H2,(H2,16,17,18). The highest BCUT2D eigenvalue weighted by atomic mass is 32.7. The summed E-state index contributed by atoms with van der Waals surface area (Å²) in [5.41, 5.74) is -0.834. The predicted molar refractivity (Wildman–Crippen MR) is 72.7 cm³/mol. The van der Waals surface area contributed by atoms with Gasteiger partial charge in [-0.2, -0.15) is 0 Å². The number of nitro groups is 2. The molecule has 0 spiro atoms. The van der Waals surface area contributed by atoms with Gasteiger partial charge in [0.05, 0.1) is 15.9 Å². The third-order valence-electron chi connectivity index (χ3n) is 2.07. The van der Waals surface area contributed by atoms with Crippen LogP contribution in [0.3, 0.4) is 0 Å². The van der Waals surface area contributed by atoms with Crippen LogP contribution in [0.5, 0.6) is 0 Å². The molecular weight excluding hydrogens is 313 g/mol. The molecule has 0 aliphatic carbocycles. The lowest BCUT2D eigenvalue weighted by Crippen LogP contribution is -2.06. The van der Waals surface area contributed by atoms with E-state index in [1.54, 1.807) is 0 Å². The Morgan fingerprint density at radius 3 is 2.40 bits per heavy atom. The van der Waals surface area contributed by atoms with Gasteiger partial charge < -0.3 is 15.1 Å². The number of anilines is 1. The minimum absolute atomic E-state index is 0.0262. The van der Waals surface area contributed by atoms with Crippen LogP contribution in [0.15, 0.2) is 18.2 Å². The van der Waals surface area contributed by atoms with Crippen LogP contribution in [0, 0.1) is 20.2 Å². The van der Waals surface area contributed by atoms with Crippen LogP contribution in [0.2, 0.25) is 0 Å². The van der Waals surface area contributed by atoms with Gasteiger partial charge in [0.2, 0.25) is 0 Å². The van der Waals surface area contributed by atoms with E-state index in [9.17, 15) is 24.8 Å². The van der Waals surface area contributed by atoms with Crippen LogP contribution in [0.4, 0.5) is 17.1 Å². The minimum atomic E-state index is -4.19. The molecule has 0 atom stereocenters. The molecule has 0 aliphatic heterocycles. The summed E-state index contributed by atoms with van der Waals surface area (Å²) >= 11 is 0.401. The first-order valence-electron chi connectivity index (χ1n) is 5.07. The molecule has 1 aromatic carbocycles. The van der Waals surface area contributed by atoms with E-state index in [2.05, 4.69) is 5.32 Å². The quantitative estimate of drug-likeness (QED) is 0.294. The molecule has 0 fully saturated rings. The van der Waals surface area contributed by atoms with Crippen LogP contribution in [0.1, 0.15) is 0 Å². The summed E-state index contributed by atoms with van der Waals surface area (Å²) in [5.74, 6) is 0.0262. The van der Waals surface area contributed by atoms with Crippen molar-refractivity contribution in [2.45, 2.75) is 0 Å². The van der Waals surface area contributed by atoms with Gasteiger partial charge in [-0.1, -0.05) is 0 Å². The summed E-state index contributed by atoms with van der Waals surface area (Å²) in [4.78, 5) is 37.0. The van der Waals surface area contributed by atoms with E-state index in [4.69, 9.17) is 9.79 Å². The normalized spacial score (nSPS) is 11.1. The van der Waals surface area contributed by atoms with Crippen molar-refractivity contribution in [1.82, 2.24) is 0 Å². The third-order valence-corrected chi connectivity index (χ3v) is 4.35. The molecule has 3 N–H and O–H groups in total. The predicted octanol–water partition coefficient (Wildman–Crippen LogP) is 1.74. The zero-order valence-electron chi connectivity index (χ0n) is 9.83. The highest BCUT2D eigenvalue weighted by Crippen LogP contribution is 2.49. The Kier molecular flexibility index (Phi) is 5.45. The zero-order chi connectivity index (χ0) is 15.3. The molecule has 0 bridgehead atoms. The second kappa shape index (κ2) is 6.66. The topological polar surface area (TPSA) is 156 Å². The van der Waals surface area contributed by atoms with Crippen molar-refractivity contribution in [3.05, 3.63) is 38.4 Å². The van der Waals surface area contributed by atoms with Gasteiger partial charge in [-0.05, 0) is 17.4 Å². The van der Waals surface area contributed by atoms with E-state index in [0.29, 0.717) is 11.4 Å². The Balaban J connectivity index is 2.77. The van der Waals surface area contributed by atoms with Crippen molar-refractivity contribution in [2.24, 2.45) is 0 Å². The summed E-state index contributed by atoms with van der Waals surface area (Å²) in [6.07, 6.45) is 0. The fraction of sp³-hybridized carbons (Fsp3) is 0.250. The highest BCUT2D eigenvalue weighted by molar-refractivity contribution is 8.54. The Morgan fingerprint density at radius 1 is 1.25 bits per heavy atom. The SMILES string of the molecule is O=[N+]([O-])c1ccc(NCCSP(=O)(O)O)c([N+](=O)[O-])c1. The molecule has 0 radical (unpaired) electrons. The summed E-state index contributed by atoms with van der Waals surface area (Å²) in [5, 5.41) is 23.9. The Labute approximate surface area is 116 Å². The molecule has 20 heavy (non-hydrogen) atoms. The Bertz CT molecular complexity index is 575. The van der Waals surface area contributed by atoms with E-state index in [0.717, 1.165) is 12.1 Å². The van der Waals surface area contributed by atoms with Crippen LogP contribution in [-0.2, 0) is 4.57 Å². The van der Waals surface area contributed by atoms with Crippen LogP contribution in [0.25, 0.3) is 0 Å². The summed E-state index contributed by atoms with van der Waals surface area (Å²) in [7, 11) is 0. The molecule has 10 nitrogen and oxygen atoms in total. The Morgan fingerprint density at radius 2 is 1.90 bits per heavy atom. The number of nitro benzene ring substituents is 2. The number of nitrogens with zero attached hydrogens (tertiary/aromatic N) is 2. The maximum absolute atomic E-state index is 10.8. The second-order valence-corrected chi connectivity index (χ2v) is 7.32. The van der Waals surface area contributed by atoms with Gasteiger partial charge in [-0.25, -0.2) is 4.57 Å². The maximum atomic E-state index is 10.8. The molecule has 0 saturated carbocycles. The largest absolute Gasteiger partial charge is 0.384 e. The van der Waals surface area contributed by atoms with Crippen LogP contribution >= 0.6 is 18.2 Å². The van der Waals surface area contributed by atoms with Crippen molar-refractivity contribution in [3.8, 4) is 0 Å². The minimum Gasteiger partial charge on any atom is -0.379 e. The van der Waals surface area contributed by atoms with Gasteiger partial charge in [0, 0.05) is 18.4 Å². The smallest absolute Gasteiger partial charge is 0.379 e. The molecule has 12 heteroatoms. The van der Waals surface area contributed by atoms with Gasteiger partial charge in [-0.15, -0.1) is 0 Å². The van der Waals surface area contributed by atoms with E-state index < -0.39 is 28.0 Å². The Hall–Kier alpha value is -1.68. The fourth-order valence-corrected chi connectivity index (χ4v) is 2.70. The maximum Gasteiger partial charge on any atom is 0.384 e. The van der Waals surface area contributed by atoms with Crippen molar-refractivity contribution in [2.75, 3.05) is 17.6 Å². The molecule has 110 valence electrons. The summed E-state index contributed by atoms with van der Waals surface area (Å²) in [6, 6.07) is 3.10. The molecule has 0 amide bonds. The molecule has 1 rings (SSSR count). The molecule has 0 aliphatic rings. The number of nitrogens with one attached hydrogen (secondary N) is 1. The lowest BCUT2D eigenvalue weighted by molar-refractivity contribution is -0.393. The van der Waals surface area contributed by atoms with E-state index in [1.807, 2.05) is 0 Å². The lowest BCUT2D eigenvalue weighted by atomic mass is 10.2. The van der Waals surface area contributed by atoms with E-state index >= 15 is 0 Å². The van der Waals surface area contributed by atoms with Crippen LogP contribution in [-0.4, -0.2) is 31.9 Å². The van der Waals surface area contributed by atoms with E-state index in [-0.39, 0.29) is 18.0 Å². The van der Waals surface area contributed by atoms with Gasteiger partial charge in [0.15, 0.2) is 0 Å². The van der Waals surface area contributed by atoms with Crippen molar-refractivity contribution in [3.63, 3.8) is 0 Å². The lowest BCUT2D eigenvalue weighted by Gasteiger charge is -2.07. The fourth-order valence-electron chi connectivity index (χ4n) is 1.28. The monoisotopic (exact) mass is 323 g/mol. The average molecular weight is 323 g/mol. The average Bonchev–Trinajstić information content (AvgIpc) is 2.33. The summed E-state index contributed by atoms with van der Waals surface area (Å²) in [6.45, 7) is -4.12. The van der Waals surface area contributed by atoms with Gasteiger partial charge in [-0.3, -0.25) is 20.2 Å². The third kappa shape index (κ3) is 5.13. The van der Waals surface area contributed by atoms with E-state index in [1.165, 1.54) is 6.07 Å². The number of rotatable bonds is 7. The number of non-ortho nitro benzene ring substituents is 1. The van der Waals surface area contributed by atoms with Crippen molar-refractivity contribution in [1.29, 1.82) is 0 Å². The molecule has 0 heterocycles. The molecule has 0 saturated heterocycles. The van der Waals surface area contributed by atoms with Crippen molar-refractivity contribution >= 4 is 35.2 Å². The molecule has 0 aromatic heterocycles. The molecular formula is C8H10N3O7PS. The first kappa shape index (κ1) is 16.4. The second-order valence-electron chi connectivity index (χ2n) is 3.47.